The van der Waals surface area contributed by atoms with Crippen molar-refractivity contribution in [3.05, 3.63) is 30.2 Å². The molecule has 0 saturated heterocycles. The Hall–Kier alpha value is -1.67. The molecule has 0 unspecified atom stereocenters. The van der Waals surface area contributed by atoms with E-state index in [1.807, 2.05) is 6.92 Å². The third kappa shape index (κ3) is 2.96. The van der Waals surface area contributed by atoms with E-state index < -0.39 is 10.0 Å². The predicted molar refractivity (Wildman–Crippen MR) is 65.4 cm³/mol. The zero-order valence-electron chi connectivity index (χ0n) is 9.97. The average Bonchev–Trinajstić information content (AvgIpc) is 2.99. The van der Waals surface area contributed by atoms with Crippen LogP contribution < -0.4 is 4.72 Å². The number of hydrogen-bond acceptors (Lipinski definition) is 4. The van der Waals surface area contributed by atoms with E-state index in [2.05, 4.69) is 24.7 Å². The number of nitrogens with zero attached hydrogens (tertiary/aromatic N) is 2. The maximum atomic E-state index is 11.9. The number of sulfonamides is 1. The van der Waals surface area contributed by atoms with Gasteiger partial charge in [0.2, 0.25) is 0 Å². The Bertz CT molecular complexity index is 588. The van der Waals surface area contributed by atoms with Crippen molar-refractivity contribution in [2.45, 2.75) is 24.8 Å². The van der Waals surface area contributed by atoms with Gasteiger partial charge in [-0.25, -0.2) is 23.1 Å². The number of imidazole rings is 2. The number of H-pyrrole nitrogens is 2. The third-order valence-electron chi connectivity index (χ3n) is 2.47. The van der Waals surface area contributed by atoms with Gasteiger partial charge in [0.05, 0.1) is 12.5 Å². The van der Waals surface area contributed by atoms with Gasteiger partial charge in [0.1, 0.15) is 5.82 Å². The van der Waals surface area contributed by atoms with Crippen LogP contribution in [0.4, 0.5) is 0 Å². The second-order valence-corrected chi connectivity index (χ2v) is 5.51. The van der Waals surface area contributed by atoms with Crippen LogP contribution in [-0.4, -0.2) is 34.9 Å². The summed E-state index contributed by atoms with van der Waals surface area (Å²) >= 11 is 0. The minimum absolute atomic E-state index is 0.101. The average molecular weight is 269 g/mol. The van der Waals surface area contributed by atoms with Gasteiger partial charge in [-0.2, -0.15) is 0 Å². The van der Waals surface area contributed by atoms with Gasteiger partial charge in [-0.1, -0.05) is 6.92 Å². The van der Waals surface area contributed by atoms with Crippen molar-refractivity contribution < 1.29 is 8.42 Å². The molecule has 7 nitrogen and oxygen atoms in total. The third-order valence-corrected chi connectivity index (χ3v) is 3.84. The largest absolute Gasteiger partial charge is 0.348 e. The molecule has 2 rings (SSSR count). The second kappa shape index (κ2) is 5.32. The first kappa shape index (κ1) is 12.8. The van der Waals surface area contributed by atoms with Crippen molar-refractivity contribution in [2.75, 3.05) is 6.54 Å². The molecule has 0 bridgehead atoms. The smallest absolute Gasteiger partial charge is 0.257 e. The van der Waals surface area contributed by atoms with Gasteiger partial charge < -0.3 is 9.97 Å². The maximum absolute atomic E-state index is 11.9. The van der Waals surface area contributed by atoms with Crippen LogP contribution in [0.5, 0.6) is 0 Å². The Balaban J connectivity index is 1.95. The first-order valence-corrected chi connectivity index (χ1v) is 7.11. The van der Waals surface area contributed by atoms with Crippen molar-refractivity contribution in [3.63, 3.8) is 0 Å². The van der Waals surface area contributed by atoms with Gasteiger partial charge >= 0.3 is 0 Å². The summed E-state index contributed by atoms with van der Waals surface area (Å²) in [6, 6.07) is 0. The van der Waals surface area contributed by atoms with Crippen molar-refractivity contribution in [3.8, 4) is 0 Å². The number of aromatic nitrogens is 4. The molecule has 18 heavy (non-hydrogen) atoms. The fraction of sp³-hybridized carbons (Fsp3) is 0.400. The molecule has 0 spiro atoms. The summed E-state index contributed by atoms with van der Waals surface area (Å²) in [4.78, 5) is 13.5. The van der Waals surface area contributed by atoms with Gasteiger partial charge in [-0.05, 0) is 0 Å². The minimum Gasteiger partial charge on any atom is -0.348 e. The fourth-order valence-electron chi connectivity index (χ4n) is 1.48. The number of nitrogens with one attached hydrogen (secondary N) is 3. The number of aryl methyl sites for hydroxylation is 1. The van der Waals surface area contributed by atoms with E-state index in [4.69, 9.17) is 0 Å². The van der Waals surface area contributed by atoms with E-state index >= 15 is 0 Å². The Morgan fingerprint density at radius 2 is 2.22 bits per heavy atom. The Morgan fingerprint density at radius 3 is 2.83 bits per heavy atom. The molecule has 3 N–H and O–H groups in total. The van der Waals surface area contributed by atoms with Crippen LogP contribution in [0.3, 0.4) is 0 Å². The summed E-state index contributed by atoms with van der Waals surface area (Å²) in [5.41, 5.74) is 0.886. The fourth-order valence-corrected chi connectivity index (χ4v) is 2.45. The molecule has 0 aliphatic carbocycles. The quantitative estimate of drug-likeness (QED) is 0.697. The highest BCUT2D eigenvalue weighted by atomic mass is 32.2. The highest BCUT2D eigenvalue weighted by Crippen LogP contribution is 2.05. The zero-order valence-corrected chi connectivity index (χ0v) is 10.8. The lowest BCUT2D eigenvalue weighted by atomic mass is 10.3. The topological polar surface area (TPSA) is 104 Å². The Labute approximate surface area is 105 Å². The number of hydrogen-bond donors (Lipinski definition) is 3. The molecule has 0 amide bonds. The van der Waals surface area contributed by atoms with Gasteiger partial charge in [0.15, 0.2) is 5.03 Å². The molecule has 98 valence electrons. The monoisotopic (exact) mass is 269 g/mol. The van der Waals surface area contributed by atoms with Gasteiger partial charge in [0.25, 0.3) is 10.0 Å². The van der Waals surface area contributed by atoms with E-state index in [1.54, 1.807) is 12.5 Å². The Kier molecular flexibility index (Phi) is 3.78. The summed E-state index contributed by atoms with van der Waals surface area (Å²) < 4.78 is 26.3. The molecular weight excluding hydrogens is 254 g/mol. The molecule has 0 fully saturated rings. The van der Waals surface area contributed by atoms with Gasteiger partial charge in [-0.3, -0.25) is 0 Å². The minimum atomic E-state index is -3.51. The van der Waals surface area contributed by atoms with Crippen LogP contribution in [0.15, 0.2) is 23.7 Å². The molecule has 2 aromatic heterocycles. The van der Waals surface area contributed by atoms with Gasteiger partial charge in [-0.15, -0.1) is 0 Å². The van der Waals surface area contributed by atoms with Crippen LogP contribution in [-0.2, 0) is 22.9 Å². The summed E-state index contributed by atoms with van der Waals surface area (Å²) in [5, 5.41) is 0.101. The van der Waals surface area contributed by atoms with E-state index in [-0.39, 0.29) is 5.03 Å². The second-order valence-electron chi connectivity index (χ2n) is 3.77. The highest BCUT2D eigenvalue weighted by molar-refractivity contribution is 7.89. The maximum Gasteiger partial charge on any atom is 0.257 e. The summed E-state index contributed by atoms with van der Waals surface area (Å²) in [5.74, 6) is 0.656. The molecule has 0 aliphatic rings. The molecule has 0 aromatic carbocycles. The predicted octanol–water partition coefficient (Wildman–Crippen LogP) is 0.216. The molecule has 0 atom stereocenters. The van der Waals surface area contributed by atoms with Crippen LogP contribution in [0, 0.1) is 0 Å². The van der Waals surface area contributed by atoms with E-state index in [1.165, 1.54) is 6.20 Å². The SMILES string of the molecule is CCc1ncc(S(=O)(=O)NCCc2cnc[nH]2)[nH]1. The molecule has 0 radical (unpaired) electrons. The molecule has 0 aliphatic heterocycles. The standard InChI is InChI=1S/C10H15N5O2S/c1-2-9-12-6-10(15-9)18(16,17)14-4-3-8-5-11-7-13-8/h5-7,14H,2-4H2,1H3,(H,11,13)(H,12,15). The van der Waals surface area contributed by atoms with Crippen LogP contribution >= 0.6 is 0 Å². The van der Waals surface area contributed by atoms with Crippen molar-refractivity contribution >= 4 is 10.0 Å². The van der Waals surface area contributed by atoms with Crippen LogP contribution in [0.2, 0.25) is 0 Å². The molecule has 2 heterocycles. The van der Waals surface area contributed by atoms with Gasteiger partial charge in [0, 0.05) is 31.3 Å². The zero-order chi connectivity index (χ0) is 13.0. The lowest BCUT2D eigenvalue weighted by Crippen LogP contribution is -2.26. The number of rotatable bonds is 6. The summed E-state index contributed by atoms with van der Waals surface area (Å²) in [7, 11) is -3.51. The van der Waals surface area contributed by atoms with Crippen molar-refractivity contribution in [1.82, 2.24) is 24.7 Å². The summed E-state index contributed by atoms with van der Waals surface area (Å²) in [6.07, 6.45) is 5.79. The van der Waals surface area contributed by atoms with Crippen molar-refractivity contribution in [2.24, 2.45) is 0 Å². The molecule has 0 saturated carbocycles. The summed E-state index contributed by atoms with van der Waals surface area (Å²) in [6.45, 7) is 2.21. The van der Waals surface area contributed by atoms with Crippen LogP contribution in [0.1, 0.15) is 18.4 Å². The number of aromatic amines is 2. The van der Waals surface area contributed by atoms with Crippen molar-refractivity contribution in [1.29, 1.82) is 0 Å². The van der Waals surface area contributed by atoms with Crippen LogP contribution in [0.25, 0.3) is 0 Å². The van der Waals surface area contributed by atoms with E-state index in [0.717, 1.165) is 5.69 Å². The lowest BCUT2D eigenvalue weighted by molar-refractivity contribution is 0.578. The first-order valence-electron chi connectivity index (χ1n) is 5.62. The molecule has 8 heteroatoms. The first-order chi connectivity index (χ1) is 8.62. The van der Waals surface area contributed by atoms with E-state index in [0.29, 0.717) is 25.2 Å². The highest BCUT2D eigenvalue weighted by Gasteiger charge is 2.16. The van der Waals surface area contributed by atoms with E-state index in [9.17, 15) is 8.42 Å². The lowest BCUT2D eigenvalue weighted by Gasteiger charge is -2.03. The normalized spacial score (nSPS) is 11.8. The molecular formula is C10H15N5O2S. The molecule has 2 aromatic rings. The Morgan fingerprint density at radius 1 is 1.39 bits per heavy atom.